The number of benzene rings is 1. The quantitative estimate of drug-likeness (QED) is 0.784. The highest BCUT2D eigenvalue weighted by Gasteiger charge is 2.38. The molecule has 14 heavy (non-hydrogen) atoms. The lowest BCUT2D eigenvalue weighted by Gasteiger charge is -2.40. The summed E-state index contributed by atoms with van der Waals surface area (Å²) in [6.45, 7) is 0.303. The van der Waals surface area contributed by atoms with E-state index in [1.54, 1.807) is 0 Å². The molecule has 0 saturated heterocycles. The minimum absolute atomic E-state index is 0.175. The molecule has 0 heterocycles. The number of hydrogen-bond acceptors (Lipinski definition) is 1. The van der Waals surface area contributed by atoms with Gasteiger partial charge in [-0.25, -0.2) is 0 Å². The molecule has 0 spiro atoms. The molecular formula is C12H16FN. The fraction of sp³-hybridized carbons (Fsp3) is 0.500. The van der Waals surface area contributed by atoms with Crippen LogP contribution >= 0.6 is 0 Å². The zero-order chi connectivity index (χ0) is 10.0. The Morgan fingerprint density at radius 1 is 1.36 bits per heavy atom. The first-order valence-electron chi connectivity index (χ1n) is 5.16. The van der Waals surface area contributed by atoms with E-state index in [0.717, 1.165) is 30.4 Å². The van der Waals surface area contributed by atoms with Crippen LogP contribution in [0.25, 0.3) is 0 Å². The Hall–Kier alpha value is -0.890. The van der Waals surface area contributed by atoms with Crippen molar-refractivity contribution >= 4 is 0 Å². The molecule has 0 amide bonds. The van der Waals surface area contributed by atoms with Crippen molar-refractivity contribution in [2.24, 2.45) is 5.73 Å². The Morgan fingerprint density at radius 3 is 2.64 bits per heavy atom. The third kappa shape index (κ3) is 1.44. The monoisotopic (exact) mass is 193 g/mol. The molecule has 2 rings (SSSR count). The van der Waals surface area contributed by atoms with Crippen LogP contribution in [-0.2, 0) is 12.0 Å². The standard InChI is InChI=1S/C12H16FN/c13-9-12(5-2-6-12)11-4-1-3-10(7-11)8-14/h1,3-4,7H,2,5-6,8-9,14H2. The summed E-state index contributed by atoms with van der Waals surface area (Å²) in [4.78, 5) is 0. The molecule has 2 heteroatoms. The van der Waals surface area contributed by atoms with Gasteiger partial charge in [-0.3, -0.25) is 4.39 Å². The molecular weight excluding hydrogens is 177 g/mol. The largest absolute Gasteiger partial charge is 0.326 e. The van der Waals surface area contributed by atoms with E-state index in [1.807, 2.05) is 18.2 Å². The van der Waals surface area contributed by atoms with Crippen LogP contribution in [-0.4, -0.2) is 6.67 Å². The molecule has 1 aliphatic rings. The van der Waals surface area contributed by atoms with E-state index in [1.165, 1.54) is 0 Å². The van der Waals surface area contributed by atoms with Crippen LogP contribution in [0.4, 0.5) is 4.39 Å². The Morgan fingerprint density at radius 2 is 2.14 bits per heavy atom. The molecule has 1 nitrogen and oxygen atoms in total. The molecule has 1 fully saturated rings. The van der Waals surface area contributed by atoms with E-state index < -0.39 is 0 Å². The summed E-state index contributed by atoms with van der Waals surface area (Å²) in [5.74, 6) is 0. The highest BCUT2D eigenvalue weighted by molar-refractivity contribution is 5.32. The fourth-order valence-corrected chi connectivity index (χ4v) is 2.13. The van der Waals surface area contributed by atoms with Gasteiger partial charge < -0.3 is 5.73 Å². The highest BCUT2D eigenvalue weighted by atomic mass is 19.1. The van der Waals surface area contributed by atoms with Crippen LogP contribution in [0.5, 0.6) is 0 Å². The van der Waals surface area contributed by atoms with Crippen molar-refractivity contribution in [3.8, 4) is 0 Å². The second-order valence-electron chi connectivity index (χ2n) is 4.17. The zero-order valence-electron chi connectivity index (χ0n) is 8.30. The van der Waals surface area contributed by atoms with Crippen molar-refractivity contribution in [2.45, 2.75) is 31.2 Å². The summed E-state index contributed by atoms with van der Waals surface area (Å²) in [7, 11) is 0. The Bertz CT molecular complexity index is 312. The normalized spacial score (nSPS) is 19.0. The van der Waals surface area contributed by atoms with E-state index in [-0.39, 0.29) is 12.1 Å². The maximum absolute atomic E-state index is 13.0. The fourth-order valence-electron chi connectivity index (χ4n) is 2.13. The summed E-state index contributed by atoms with van der Waals surface area (Å²) < 4.78 is 13.0. The minimum Gasteiger partial charge on any atom is -0.326 e. The summed E-state index contributed by atoms with van der Waals surface area (Å²) in [5.41, 5.74) is 7.63. The smallest absolute Gasteiger partial charge is 0.0990 e. The third-order valence-electron chi connectivity index (χ3n) is 3.34. The van der Waals surface area contributed by atoms with Crippen molar-refractivity contribution in [3.63, 3.8) is 0 Å². The van der Waals surface area contributed by atoms with E-state index >= 15 is 0 Å². The van der Waals surface area contributed by atoms with Gasteiger partial charge in [-0.2, -0.15) is 0 Å². The van der Waals surface area contributed by atoms with Gasteiger partial charge in [-0.05, 0) is 24.0 Å². The zero-order valence-corrected chi connectivity index (χ0v) is 8.30. The number of rotatable bonds is 3. The lowest BCUT2D eigenvalue weighted by Crippen LogP contribution is -2.36. The van der Waals surface area contributed by atoms with Gasteiger partial charge in [-0.15, -0.1) is 0 Å². The highest BCUT2D eigenvalue weighted by Crippen LogP contribution is 2.44. The minimum atomic E-state index is -0.235. The van der Waals surface area contributed by atoms with Gasteiger partial charge in [0, 0.05) is 12.0 Å². The average Bonchev–Trinajstić information content (AvgIpc) is 2.18. The Labute approximate surface area is 84.1 Å². The van der Waals surface area contributed by atoms with Gasteiger partial charge in [0.25, 0.3) is 0 Å². The molecule has 0 bridgehead atoms. The second-order valence-corrected chi connectivity index (χ2v) is 4.17. The van der Waals surface area contributed by atoms with Crippen molar-refractivity contribution < 1.29 is 4.39 Å². The maximum Gasteiger partial charge on any atom is 0.0990 e. The number of hydrogen-bond donors (Lipinski definition) is 1. The van der Waals surface area contributed by atoms with E-state index in [4.69, 9.17) is 5.73 Å². The van der Waals surface area contributed by atoms with Crippen LogP contribution < -0.4 is 5.73 Å². The molecule has 1 saturated carbocycles. The SMILES string of the molecule is NCc1cccc(C2(CF)CCC2)c1. The van der Waals surface area contributed by atoms with Gasteiger partial charge in [-0.1, -0.05) is 30.7 Å². The summed E-state index contributed by atoms with van der Waals surface area (Å²) in [6, 6.07) is 8.05. The number of alkyl halides is 1. The van der Waals surface area contributed by atoms with E-state index in [9.17, 15) is 4.39 Å². The third-order valence-corrected chi connectivity index (χ3v) is 3.34. The molecule has 0 unspecified atom stereocenters. The van der Waals surface area contributed by atoms with Crippen LogP contribution in [0.1, 0.15) is 30.4 Å². The summed E-state index contributed by atoms with van der Waals surface area (Å²) in [6.07, 6.45) is 3.12. The summed E-state index contributed by atoms with van der Waals surface area (Å²) in [5, 5.41) is 0. The van der Waals surface area contributed by atoms with E-state index in [0.29, 0.717) is 6.54 Å². The van der Waals surface area contributed by atoms with Crippen molar-refractivity contribution in [3.05, 3.63) is 35.4 Å². The molecule has 1 aliphatic carbocycles. The summed E-state index contributed by atoms with van der Waals surface area (Å²) >= 11 is 0. The first kappa shape index (κ1) is 9.66. The Balaban J connectivity index is 2.30. The lowest BCUT2D eigenvalue weighted by atomic mass is 9.65. The van der Waals surface area contributed by atoms with Gasteiger partial charge in [0.15, 0.2) is 0 Å². The van der Waals surface area contributed by atoms with Crippen molar-refractivity contribution in [2.75, 3.05) is 6.67 Å². The van der Waals surface area contributed by atoms with Gasteiger partial charge >= 0.3 is 0 Å². The molecule has 0 atom stereocenters. The van der Waals surface area contributed by atoms with E-state index in [2.05, 4.69) is 6.07 Å². The number of nitrogens with two attached hydrogens (primary N) is 1. The van der Waals surface area contributed by atoms with Crippen LogP contribution in [0.2, 0.25) is 0 Å². The lowest BCUT2D eigenvalue weighted by molar-refractivity contribution is 0.184. The molecule has 1 aromatic rings. The topological polar surface area (TPSA) is 26.0 Å². The molecule has 76 valence electrons. The Kier molecular flexibility index (Phi) is 2.55. The van der Waals surface area contributed by atoms with Crippen LogP contribution in [0, 0.1) is 0 Å². The van der Waals surface area contributed by atoms with Gasteiger partial charge in [0.2, 0.25) is 0 Å². The van der Waals surface area contributed by atoms with Crippen molar-refractivity contribution in [1.82, 2.24) is 0 Å². The average molecular weight is 193 g/mol. The molecule has 1 aromatic carbocycles. The first-order valence-corrected chi connectivity index (χ1v) is 5.16. The molecule has 2 N–H and O–H groups in total. The molecule has 0 aliphatic heterocycles. The van der Waals surface area contributed by atoms with Gasteiger partial charge in [0.05, 0.1) is 6.67 Å². The molecule has 0 radical (unpaired) electrons. The predicted octanol–water partition coefficient (Wildman–Crippen LogP) is 2.54. The first-order chi connectivity index (χ1) is 6.80. The number of halogens is 1. The van der Waals surface area contributed by atoms with Crippen LogP contribution in [0.15, 0.2) is 24.3 Å². The van der Waals surface area contributed by atoms with Gasteiger partial charge in [0.1, 0.15) is 0 Å². The maximum atomic E-state index is 13.0. The van der Waals surface area contributed by atoms with Crippen LogP contribution in [0.3, 0.4) is 0 Å². The second kappa shape index (κ2) is 3.70. The van der Waals surface area contributed by atoms with Crippen molar-refractivity contribution in [1.29, 1.82) is 0 Å². The molecule has 0 aromatic heterocycles. The predicted molar refractivity (Wildman–Crippen MR) is 55.8 cm³/mol.